The van der Waals surface area contributed by atoms with Crippen molar-refractivity contribution in [2.45, 2.75) is 12.3 Å². The van der Waals surface area contributed by atoms with Crippen molar-refractivity contribution < 1.29 is 18.8 Å². The van der Waals surface area contributed by atoms with Crippen LogP contribution in [-0.4, -0.2) is 36.8 Å². The van der Waals surface area contributed by atoms with Gasteiger partial charge in [0.2, 0.25) is 5.91 Å². The number of aromatic nitrogens is 2. The summed E-state index contributed by atoms with van der Waals surface area (Å²) >= 11 is 0. The molecule has 2 heterocycles. The van der Waals surface area contributed by atoms with Gasteiger partial charge in [-0.1, -0.05) is 23.4 Å². The molecule has 7 nitrogen and oxygen atoms in total. The molecule has 3 aromatic rings. The summed E-state index contributed by atoms with van der Waals surface area (Å²) in [5.41, 5.74) is 1.62. The molecule has 0 N–H and O–H groups in total. The average Bonchev–Trinajstić information content (AvgIpc) is 3.35. The van der Waals surface area contributed by atoms with Crippen LogP contribution in [0.15, 0.2) is 53.1 Å². The van der Waals surface area contributed by atoms with Gasteiger partial charge in [0.1, 0.15) is 0 Å². The Balaban J connectivity index is 1.55. The fraction of sp³-hybridized carbons (Fsp3) is 0.250. The van der Waals surface area contributed by atoms with Gasteiger partial charge in [0, 0.05) is 36.2 Å². The van der Waals surface area contributed by atoms with Crippen LogP contribution in [0.25, 0.3) is 11.5 Å². The number of benzene rings is 2. The highest BCUT2D eigenvalue weighted by atomic mass is 16.5. The van der Waals surface area contributed by atoms with Gasteiger partial charge in [-0.05, 0) is 24.3 Å². The maximum absolute atomic E-state index is 12.6. The van der Waals surface area contributed by atoms with E-state index in [0.717, 1.165) is 11.3 Å². The lowest BCUT2D eigenvalue weighted by atomic mass is 10.1. The molecule has 1 amide bonds. The third kappa shape index (κ3) is 3.23. The SMILES string of the molecule is COc1ccc(N2CC(c3noc(-c4ccccc4)n3)CC2=O)cc1OC. The molecular formula is C20H19N3O4. The monoisotopic (exact) mass is 365 g/mol. The normalized spacial score (nSPS) is 16.6. The Morgan fingerprint density at radius 3 is 2.59 bits per heavy atom. The molecule has 1 fully saturated rings. The van der Waals surface area contributed by atoms with Gasteiger partial charge in [0.25, 0.3) is 5.89 Å². The van der Waals surface area contributed by atoms with Gasteiger partial charge in [0.05, 0.1) is 14.2 Å². The minimum absolute atomic E-state index is 0.0123. The van der Waals surface area contributed by atoms with E-state index in [-0.39, 0.29) is 11.8 Å². The molecule has 4 rings (SSSR count). The zero-order valence-electron chi connectivity index (χ0n) is 15.1. The van der Waals surface area contributed by atoms with Crippen molar-refractivity contribution in [3.05, 3.63) is 54.4 Å². The minimum Gasteiger partial charge on any atom is -0.493 e. The maximum atomic E-state index is 12.6. The molecule has 2 aromatic carbocycles. The number of anilines is 1. The summed E-state index contributed by atoms with van der Waals surface area (Å²) < 4.78 is 16.0. The second-order valence-electron chi connectivity index (χ2n) is 6.27. The maximum Gasteiger partial charge on any atom is 0.257 e. The zero-order chi connectivity index (χ0) is 18.8. The Hall–Kier alpha value is -3.35. The zero-order valence-corrected chi connectivity index (χ0v) is 15.1. The Bertz CT molecular complexity index is 955. The first-order valence-corrected chi connectivity index (χ1v) is 8.61. The summed E-state index contributed by atoms with van der Waals surface area (Å²) in [6.45, 7) is 0.488. The molecule has 1 aliphatic rings. The van der Waals surface area contributed by atoms with Crippen LogP contribution in [0.5, 0.6) is 11.5 Å². The predicted octanol–water partition coefficient (Wildman–Crippen LogP) is 3.27. The van der Waals surface area contributed by atoms with Crippen molar-refractivity contribution in [1.82, 2.24) is 10.1 Å². The van der Waals surface area contributed by atoms with Gasteiger partial charge in [-0.3, -0.25) is 4.79 Å². The Morgan fingerprint density at radius 2 is 1.85 bits per heavy atom. The van der Waals surface area contributed by atoms with Gasteiger partial charge in [0.15, 0.2) is 17.3 Å². The van der Waals surface area contributed by atoms with Crippen LogP contribution in [0.3, 0.4) is 0 Å². The van der Waals surface area contributed by atoms with Crippen LogP contribution < -0.4 is 14.4 Å². The molecule has 0 spiro atoms. The largest absolute Gasteiger partial charge is 0.493 e. The number of ether oxygens (including phenoxy) is 2. The molecule has 1 unspecified atom stereocenters. The number of hydrogen-bond donors (Lipinski definition) is 0. The van der Waals surface area contributed by atoms with Crippen LogP contribution in [0.2, 0.25) is 0 Å². The number of methoxy groups -OCH3 is 2. The molecular weight excluding hydrogens is 346 g/mol. The van der Waals surface area contributed by atoms with Crippen LogP contribution >= 0.6 is 0 Å². The van der Waals surface area contributed by atoms with Crippen molar-refractivity contribution in [1.29, 1.82) is 0 Å². The molecule has 0 radical (unpaired) electrons. The fourth-order valence-corrected chi connectivity index (χ4v) is 3.22. The summed E-state index contributed by atoms with van der Waals surface area (Å²) in [6.07, 6.45) is 0.335. The molecule has 0 saturated carbocycles. The van der Waals surface area contributed by atoms with Crippen molar-refractivity contribution in [2.24, 2.45) is 0 Å². The molecule has 1 saturated heterocycles. The Morgan fingerprint density at radius 1 is 1.07 bits per heavy atom. The minimum atomic E-state index is -0.119. The number of nitrogens with zero attached hydrogens (tertiary/aromatic N) is 3. The summed E-state index contributed by atoms with van der Waals surface area (Å²) in [5.74, 6) is 2.10. The smallest absolute Gasteiger partial charge is 0.257 e. The van der Waals surface area contributed by atoms with E-state index in [0.29, 0.717) is 36.2 Å². The summed E-state index contributed by atoms with van der Waals surface area (Å²) in [7, 11) is 3.15. The lowest BCUT2D eigenvalue weighted by Gasteiger charge is -2.18. The van der Waals surface area contributed by atoms with Gasteiger partial charge in [-0.2, -0.15) is 4.98 Å². The van der Waals surface area contributed by atoms with Crippen molar-refractivity contribution in [3.8, 4) is 23.0 Å². The van der Waals surface area contributed by atoms with E-state index >= 15 is 0 Å². The number of rotatable bonds is 5. The third-order valence-corrected chi connectivity index (χ3v) is 4.63. The Labute approximate surface area is 156 Å². The Kier molecular flexibility index (Phi) is 4.50. The summed E-state index contributed by atoms with van der Waals surface area (Å²) in [4.78, 5) is 18.8. The summed E-state index contributed by atoms with van der Waals surface area (Å²) in [6, 6.07) is 15.0. The van der Waals surface area contributed by atoms with Crippen LogP contribution in [-0.2, 0) is 4.79 Å². The predicted molar refractivity (Wildman–Crippen MR) is 99.0 cm³/mol. The lowest BCUT2D eigenvalue weighted by Crippen LogP contribution is -2.24. The molecule has 1 aliphatic heterocycles. The first-order chi connectivity index (χ1) is 13.2. The first-order valence-electron chi connectivity index (χ1n) is 8.61. The average molecular weight is 365 g/mol. The van der Waals surface area contributed by atoms with E-state index < -0.39 is 0 Å². The molecule has 138 valence electrons. The van der Waals surface area contributed by atoms with Gasteiger partial charge in [-0.15, -0.1) is 0 Å². The number of carbonyl (C=O) groups excluding carboxylic acids is 1. The topological polar surface area (TPSA) is 77.7 Å². The second-order valence-corrected chi connectivity index (χ2v) is 6.27. The van der Waals surface area contributed by atoms with Crippen LogP contribution in [0.4, 0.5) is 5.69 Å². The van der Waals surface area contributed by atoms with Crippen LogP contribution in [0.1, 0.15) is 18.2 Å². The fourth-order valence-electron chi connectivity index (χ4n) is 3.22. The van der Waals surface area contributed by atoms with Gasteiger partial charge >= 0.3 is 0 Å². The van der Waals surface area contributed by atoms with Crippen molar-refractivity contribution >= 4 is 11.6 Å². The molecule has 0 aliphatic carbocycles. The van der Waals surface area contributed by atoms with E-state index in [1.165, 1.54) is 0 Å². The number of hydrogen-bond acceptors (Lipinski definition) is 6. The summed E-state index contributed by atoms with van der Waals surface area (Å²) in [5, 5.41) is 4.09. The third-order valence-electron chi connectivity index (χ3n) is 4.63. The second kappa shape index (κ2) is 7.11. The van der Waals surface area contributed by atoms with E-state index in [1.807, 2.05) is 36.4 Å². The molecule has 0 bridgehead atoms. The molecule has 1 atom stereocenters. The van der Waals surface area contributed by atoms with E-state index in [2.05, 4.69) is 10.1 Å². The molecule has 27 heavy (non-hydrogen) atoms. The molecule has 1 aromatic heterocycles. The quantitative estimate of drug-likeness (QED) is 0.691. The van der Waals surface area contributed by atoms with Gasteiger partial charge in [-0.25, -0.2) is 0 Å². The molecule has 7 heteroatoms. The van der Waals surface area contributed by atoms with Crippen molar-refractivity contribution in [2.75, 3.05) is 25.7 Å². The highest BCUT2D eigenvalue weighted by molar-refractivity contribution is 5.96. The highest BCUT2D eigenvalue weighted by Crippen LogP contribution is 2.36. The standard InChI is InChI=1S/C20H19N3O4/c1-25-16-9-8-15(11-17(16)26-2)23-12-14(10-18(23)24)19-21-20(27-22-19)13-6-4-3-5-7-13/h3-9,11,14H,10,12H2,1-2H3. The lowest BCUT2D eigenvalue weighted by molar-refractivity contribution is -0.117. The number of amides is 1. The van der Waals surface area contributed by atoms with Gasteiger partial charge < -0.3 is 18.9 Å². The highest BCUT2D eigenvalue weighted by Gasteiger charge is 2.35. The number of carbonyl (C=O) groups is 1. The first kappa shape index (κ1) is 17.1. The van der Waals surface area contributed by atoms with E-state index in [4.69, 9.17) is 14.0 Å². The van der Waals surface area contributed by atoms with Crippen LogP contribution in [0, 0.1) is 0 Å². The van der Waals surface area contributed by atoms with Crippen molar-refractivity contribution in [3.63, 3.8) is 0 Å². The van der Waals surface area contributed by atoms with E-state index in [1.54, 1.807) is 31.3 Å². The van der Waals surface area contributed by atoms with E-state index in [9.17, 15) is 4.79 Å².